The zero-order valence-electron chi connectivity index (χ0n) is 15.0. The van der Waals surface area contributed by atoms with Gasteiger partial charge in [-0.3, -0.25) is 14.2 Å². The summed E-state index contributed by atoms with van der Waals surface area (Å²) in [7, 11) is 0. The zero-order valence-corrected chi connectivity index (χ0v) is 16.6. The number of carbonyl (C=O) groups excluding carboxylic acids is 1. The topological polar surface area (TPSA) is 92.3 Å². The number of hydrogen-bond acceptors (Lipinski definition) is 5. The Morgan fingerprint density at radius 2 is 2.07 bits per heavy atom. The Morgan fingerprint density at radius 1 is 1.41 bits per heavy atom. The van der Waals surface area contributed by atoms with Crippen molar-refractivity contribution in [3.63, 3.8) is 0 Å². The molecule has 1 N–H and O–H groups in total. The summed E-state index contributed by atoms with van der Waals surface area (Å²) < 4.78 is 6.49. The summed E-state index contributed by atoms with van der Waals surface area (Å²) >= 11 is 11.8. The molecule has 2 aromatic rings. The molecule has 1 aromatic carbocycles. The van der Waals surface area contributed by atoms with E-state index < -0.39 is 23.8 Å². The molecule has 0 radical (unpaired) electrons. The molecule has 1 unspecified atom stereocenters. The first-order valence-electron chi connectivity index (χ1n) is 8.22. The molecule has 1 aromatic heterocycles. The molecule has 0 amide bonds. The minimum atomic E-state index is -0.625. The van der Waals surface area contributed by atoms with Crippen molar-refractivity contribution in [3.8, 4) is 17.7 Å². The van der Waals surface area contributed by atoms with E-state index in [2.05, 4.69) is 0 Å². The van der Waals surface area contributed by atoms with Crippen molar-refractivity contribution in [3.05, 3.63) is 55.3 Å². The fourth-order valence-corrected chi connectivity index (χ4v) is 3.12. The number of benzene rings is 1. The maximum absolute atomic E-state index is 12.7. The molecule has 0 aliphatic carbocycles. The van der Waals surface area contributed by atoms with Gasteiger partial charge in [-0.1, -0.05) is 30.1 Å². The average molecular weight is 409 g/mol. The van der Waals surface area contributed by atoms with Crippen LogP contribution in [0.4, 0.5) is 0 Å². The normalized spacial score (nSPS) is 11.7. The van der Waals surface area contributed by atoms with Gasteiger partial charge in [0.05, 0.1) is 10.6 Å². The standard InChI is InChI=1S/C19H18Cl2N2O4/c1-4-10(2)23-18(25)13(8-22)11(3)17(19(23)26)15(24)9-27-16-6-5-12(20)7-14(16)21/h5-7,10,26H,4,9H2,1-3H3. The number of halogens is 2. The summed E-state index contributed by atoms with van der Waals surface area (Å²) in [6.07, 6.45) is 0.534. The Bertz CT molecular complexity index is 993. The van der Waals surface area contributed by atoms with Crippen LogP contribution < -0.4 is 10.3 Å². The van der Waals surface area contributed by atoms with Gasteiger partial charge in [0.25, 0.3) is 5.56 Å². The lowest BCUT2D eigenvalue weighted by atomic mass is 10.0. The maximum Gasteiger partial charge on any atom is 0.271 e. The molecule has 142 valence electrons. The van der Waals surface area contributed by atoms with Crippen molar-refractivity contribution in [2.75, 3.05) is 6.61 Å². The second-order valence-electron chi connectivity index (χ2n) is 6.03. The highest BCUT2D eigenvalue weighted by molar-refractivity contribution is 6.35. The molecule has 2 rings (SSSR count). The maximum atomic E-state index is 12.7. The van der Waals surface area contributed by atoms with Crippen LogP contribution in [0, 0.1) is 18.3 Å². The number of rotatable bonds is 6. The van der Waals surface area contributed by atoms with E-state index in [1.165, 1.54) is 19.1 Å². The molecule has 0 saturated carbocycles. The molecular weight excluding hydrogens is 391 g/mol. The number of nitriles is 1. The van der Waals surface area contributed by atoms with Gasteiger partial charge in [0, 0.05) is 11.1 Å². The van der Waals surface area contributed by atoms with Crippen LogP contribution in [0.1, 0.15) is 47.8 Å². The van der Waals surface area contributed by atoms with Gasteiger partial charge < -0.3 is 9.84 Å². The predicted molar refractivity (Wildman–Crippen MR) is 103 cm³/mol. The average Bonchev–Trinajstić information content (AvgIpc) is 2.61. The van der Waals surface area contributed by atoms with Crippen molar-refractivity contribution in [2.45, 2.75) is 33.2 Å². The minimum Gasteiger partial charge on any atom is -0.494 e. The van der Waals surface area contributed by atoms with Gasteiger partial charge in [0.2, 0.25) is 11.7 Å². The van der Waals surface area contributed by atoms with Crippen molar-refractivity contribution < 1.29 is 14.6 Å². The quantitative estimate of drug-likeness (QED) is 0.720. The molecular formula is C19H18Cl2N2O4. The van der Waals surface area contributed by atoms with E-state index in [-0.39, 0.29) is 33.5 Å². The Labute approximate surface area is 166 Å². The van der Waals surface area contributed by atoms with Crippen molar-refractivity contribution in [1.82, 2.24) is 4.57 Å². The first-order valence-corrected chi connectivity index (χ1v) is 8.97. The van der Waals surface area contributed by atoms with Crippen LogP contribution in [0.15, 0.2) is 23.0 Å². The lowest BCUT2D eigenvalue weighted by Crippen LogP contribution is -2.29. The van der Waals surface area contributed by atoms with E-state index >= 15 is 0 Å². The van der Waals surface area contributed by atoms with Crippen LogP contribution in [0.3, 0.4) is 0 Å². The smallest absolute Gasteiger partial charge is 0.271 e. The minimum absolute atomic E-state index is 0.114. The third kappa shape index (κ3) is 4.10. The van der Waals surface area contributed by atoms with Crippen LogP contribution >= 0.6 is 23.2 Å². The highest BCUT2D eigenvalue weighted by Crippen LogP contribution is 2.29. The SMILES string of the molecule is CCC(C)n1c(O)c(C(=O)COc2ccc(Cl)cc2Cl)c(C)c(C#N)c1=O. The summed E-state index contributed by atoms with van der Waals surface area (Å²) in [5.41, 5.74) is -0.798. The number of carbonyl (C=O) groups is 1. The Hall–Kier alpha value is -2.49. The van der Waals surface area contributed by atoms with Gasteiger partial charge in [-0.25, -0.2) is 0 Å². The molecule has 0 bridgehead atoms. The first kappa shape index (κ1) is 20.8. The van der Waals surface area contributed by atoms with E-state index in [0.29, 0.717) is 11.4 Å². The summed E-state index contributed by atoms with van der Waals surface area (Å²) in [6, 6.07) is 5.99. The zero-order chi connectivity index (χ0) is 20.3. The summed E-state index contributed by atoms with van der Waals surface area (Å²) in [6.45, 7) is 4.56. The van der Waals surface area contributed by atoms with Gasteiger partial charge in [-0.05, 0) is 44.0 Å². The second kappa shape index (κ2) is 8.47. The van der Waals surface area contributed by atoms with Crippen molar-refractivity contribution in [2.24, 2.45) is 0 Å². The van der Waals surface area contributed by atoms with Crippen molar-refractivity contribution in [1.29, 1.82) is 5.26 Å². The van der Waals surface area contributed by atoms with Crippen LogP contribution in [0.2, 0.25) is 10.0 Å². The monoisotopic (exact) mass is 408 g/mol. The predicted octanol–water partition coefficient (Wildman–Crippen LogP) is 4.27. The van der Waals surface area contributed by atoms with E-state index in [4.69, 9.17) is 27.9 Å². The van der Waals surface area contributed by atoms with E-state index in [0.717, 1.165) is 4.57 Å². The number of ketones is 1. The Kier molecular flexibility index (Phi) is 6.53. The van der Waals surface area contributed by atoms with Crippen LogP contribution in [-0.4, -0.2) is 22.1 Å². The van der Waals surface area contributed by atoms with Crippen LogP contribution in [0.5, 0.6) is 11.6 Å². The number of pyridine rings is 1. The third-order valence-electron chi connectivity index (χ3n) is 4.31. The molecule has 0 saturated heterocycles. The van der Waals surface area contributed by atoms with Crippen molar-refractivity contribution >= 4 is 29.0 Å². The molecule has 27 heavy (non-hydrogen) atoms. The molecule has 0 fully saturated rings. The van der Waals surface area contributed by atoms with E-state index in [1.54, 1.807) is 13.0 Å². The molecule has 0 spiro atoms. The van der Waals surface area contributed by atoms with Gasteiger partial charge in [0.1, 0.15) is 17.4 Å². The summed E-state index contributed by atoms with van der Waals surface area (Å²) in [5.74, 6) is -0.798. The third-order valence-corrected chi connectivity index (χ3v) is 4.84. The molecule has 8 heteroatoms. The van der Waals surface area contributed by atoms with Gasteiger partial charge in [-0.2, -0.15) is 5.26 Å². The van der Waals surface area contributed by atoms with Gasteiger partial charge >= 0.3 is 0 Å². The molecule has 1 heterocycles. The second-order valence-corrected chi connectivity index (χ2v) is 6.87. The molecule has 0 aliphatic rings. The fourth-order valence-electron chi connectivity index (χ4n) is 2.65. The largest absolute Gasteiger partial charge is 0.494 e. The van der Waals surface area contributed by atoms with Gasteiger partial charge in [0.15, 0.2) is 6.61 Å². The summed E-state index contributed by atoms with van der Waals surface area (Å²) in [5, 5.41) is 20.5. The number of ether oxygens (including phenoxy) is 1. The van der Waals surface area contributed by atoms with Crippen LogP contribution in [0.25, 0.3) is 0 Å². The lowest BCUT2D eigenvalue weighted by molar-refractivity contribution is 0.0916. The number of hydrogen-bond donors (Lipinski definition) is 1. The van der Waals surface area contributed by atoms with Crippen LogP contribution in [-0.2, 0) is 0 Å². The van der Waals surface area contributed by atoms with Gasteiger partial charge in [-0.15, -0.1) is 0 Å². The Morgan fingerprint density at radius 3 is 2.63 bits per heavy atom. The lowest BCUT2D eigenvalue weighted by Gasteiger charge is -2.19. The first-order chi connectivity index (χ1) is 12.7. The highest BCUT2D eigenvalue weighted by Gasteiger charge is 2.26. The molecule has 6 nitrogen and oxygen atoms in total. The number of Topliss-reactive ketones (excluding diaryl/α,β-unsaturated/α-hetero) is 1. The fraction of sp³-hybridized carbons (Fsp3) is 0.316. The van der Waals surface area contributed by atoms with E-state index in [9.17, 15) is 20.0 Å². The highest BCUT2D eigenvalue weighted by atomic mass is 35.5. The number of nitrogens with zero attached hydrogens (tertiary/aromatic N) is 2. The Balaban J connectivity index is 2.46. The molecule has 0 aliphatic heterocycles. The number of aromatic hydroxyl groups is 1. The molecule has 1 atom stereocenters. The van der Waals surface area contributed by atoms with E-state index in [1.807, 2.05) is 13.0 Å². The summed E-state index contributed by atoms with van der Waals surface area (Å²) in [4.78, 5) is 25.2. The number of aromatic nitrogens is 1.